The maximum Gasteiger partial charge on any atom is 0.123 e. The normalized spacial score (nSPS) is 14.2. The van der Waals surface area contributed by atoms with Crippen molar-refractivity contribution in [3.63, 3.8) is 0 Å². The van der Waals surface area contributed by atoms with Gasteiger partial charge in [0.15, 0.2) is 0 Å². The second kappa shape index (κ2) is 5.27. The molecule has 1 atom stereocenters. The van der Waals surface area contributed by atoms with Gasteiger partial charge in [-0.05, 0) is 36.2 Å². The van der Waals surface area contributed by atoms with Crippen molar-refractivity contribution in [3.8, 4) is 0 Å². The Kier molecular flexibility index (Phi) is 3.72. The van der Waals surface area contributed by atoms with E-state index < -0.39 is 0 Å². The first-order chi connectivity index (χ1) is 8.64. The number of aromatic nitrogens is 1. The van der Waals surface area contributed by atoms with E-state index in [-0.39, 0.29) is 11.2 Å². The lowest BCUT2D eigenvalue weighted by molar-refractivity contribution is 0.465. The number of nitrogens with two attached hydrogens (primary N) is 1. The van der Waals surface area contributed by atoms with Gasteiger partial charge in [-0.25, -0.2) is 4.39 Å². The Balaban J connectivity index is 2.29. The van der Waals surface area contributed by atoms with Crippen LogP contribution in [0.2, 0.25) is 0 Å². The third kappa shape index (κ3) is 2.74. The maximum absolute atomic E-state index is 13.2. The lowest BCUT2D eigenvalue weighted by Crippen LogP contribution is -2.35. The molecule has 0 aliphatic carbocycles. The molecule has 2 rings (SSSR count). The Hall–Kier alpha value is -1.74. The number of nitrogens with zero attached hydrogens (tertiary/aromatic N) is 1. The number of pyridine rings is 1. The molecule has 2 aromatic rings. The number of rotatable bonds is 4. The van der Waals surface area contributed by atoms with Crippen LogP contribution >= 0.6 is 0 Å². The zero-order valence-corrected chi connectivity index (χ0v) is 10.4. The molecule has 2 N–H and O–H groups in total. The van der Waals surface area contributed by atoms with Crippen molar-refractivity contribution in [2.24, 2.45) is 5.73 Å². The molecule has 0 radical (unpaired) electrons. The summed E-state index contributed by atoms with van der Waals surface area (Å²) in [4.78, 5) is 4.37. The Morgan fingerprint density at radius 1 is 1.22 bits per heavy atom. The van der Waals surface area contributed by atoms with E-state index in [0.717, 1.165) is 11.3 Å². The summed E-state index contributed by atoms with van der Waals surface area (Å²) in [7, 11) is 0. The largest absolute Gasteiger partial charge is 0.330 e. The molecule has 0 aliphatic heterocycles. The van der Waals surface area contributed by atoms with Gasteiger partial charge in [-0.2, -0.15) is 0 Å². The van der Waals surface area contributed by atoms with Gasteiger partial charge in [-0.15, -0.1) is 0 Å². The van der Waals surface area contributed by atoms with Crippen LogP contribution in [0, 0.1) is 5.82 Å². The van der Waals surface area contributed by atoms with E-state index in [1.165, 1.54) is 6.07 Å². The smallest absolute Gasteiger partial charge is 0.123 e. The summed E-state index contributed by atoms with van der Waals surface area (Å²) in [6.07, 6.45) is 2.44. The fourth-order valence-corrected chi connectivity index (χ4v) is 2.08. The fourth-order valence-electron chi connectivity index (χ4n) is 2.08. The topological polar surface area (TPSA) is 38.9 Å². The van der Waals surface area contributed by atoms with Crippen molar-refractivity contribution >= 4 is 0 Å². The van der Waals surface area contributed by atoms with Crippen LogP contribution in [-0.2, 0) is 11.8 Å². The fraction of sp³-hybridized carbons (Fsp3) is 0.267. The van der Waals surface area contributed by atoms with Crippen LogP contribution in [0.4, 0.5) is 4.39 Å². The van der Waals surface area contributed by atoms with E-state index >= 15 is 0 Å². The van der Waals surface area contributed by atoms with Gasteiger partial charge in [0.2, 0.25) is 0 Å². The van der Waals surface area contributed by atoms with E-state index in [2.05, 4.69) is 11.9 Å². The number of hydrogen-bond donors (Lipinski definition) is 1. The van der Waals surface area contributed by atoms with Crippen LogP contribution in [0.15, 0.2) is 48.7 Å². The van der Waals surface area contributed by atoms with Crippen LogP contribution < -0.4 is 5.73 Å². The lowest BCUT2D eigenvalue weighted by atomic mass is 9.80. The summed E-state index contributed by atoms with van der Waals surface area (Å²) in [5, 5.41) is 0. The average Bonchev–Trinajstić information content (AvgIpc) is 2.39. The summed E-state index contributed by atoms with van der Waals surface area (Å²) >= 11 is 0. The van der Waals surface area contributed by atoms with E-state index in [0.29, 0.717) is 13.0 Å². The molecule has 0 aliphatic rings. The van der Waals surface area contributed by atoms with Crippen molar-refractivity contribution in [2.75, 3.05) is 6.54 Å². The predicted octanol–water partition coefficient (Wildman–Crippen LogP) is 2.68. The molecule has 0 fully saturated rings. The number of benzene rings is 1. The summed E-state index contributed by atoms with van der Waals surface area (Å²) < 4.78 is 13.2. The molecular formula is C15H17FN2. The second-order valence-electron chi connectivity index (χ2n) is 4.79. The first kappa shape index (κ1) is 12.7. The van der Waals surface area contributed by atoms with Gasteiger partial charge in [0.25, 0.3) is 0 Å². The van der Waals surface area contributed by atoms with Crippen LogP contribution in [-0.4, -0.2) is 11.5 Å². The highest BCUT2D eigenvalue weighted by Gasteiger charge is 2.26. The average molecular weight is 244 g/mol. The van der Waals surface area contributed by atoms with E-state index in [9.17, 15) is 4.39 Å². The van der Waals surface area contributed by atoms with Gasteiger partial charge >= 0.3 is 0 Å². The van der Waals surface area contributed by atoms with Gasteiger partial charge < -0.3 is 5.73 Å². The molecule has 0 bridgehead atoms. The van der Waals surface area contributed by atoms with E-state index in [4.69, 9.17) is 5.73 Å². The van der Waals surface area contributed by atoms with Crippen LogP contribution in [0.25, 0.3) is 0 Å². The third-order valence-electron chi connectivity index (χ3n) is 3.22. The van der Waals surface area contributed by atoms with Crippen molar-refractivity contribution in [2.45, 2.75) is 18.8 Å². The maximum atomic E-state index is 13.2. The summed E-state index contributed by atoms with van der Waals surface area (Å²) in [6.45, 7) is 2.53. The first-order valence-electron chi connectivity index (χ1n) is 6.00. The van der Waals surface area contributed by atoms with Crippen LogP contribution in [0.5, 0.6) is 0 Å². The minimum Gasteiger partial charge on any atom is -0.330 e. The highest BCUT2D eigenvalue weighted by atomic mass is 19.1. The molecule has 2 nitrogen and oxygen atoms in total. The second-order valence-corrected chi connectivity index (χ2v) is 4.79. The van der Waals surface area contributed by atoms with Gasteiger partial charge in [-0.3, -0.25) is 4.98 Å². The summed E-state index contributed by atoms with van der Waals surface area (Å²) in [6, 6.07) is 12.4. The minimum absolute atomic E-state index is 0.215. The molecular weight excluding hydrogens is 227 g/mol. The Bertz CT molecular complexity index is 513. The monoisotopic (exact) mass is 244 g/mol. The zero-order valence-electron chi connectivity index (χ0n) is 10.4. The lowest BCUT2D eigenvalue weighted by Gasteiger charge is -2.27. The van der Waals surface area contributed by atoms with Crippen molar-refractivity contribution < 1.29 is 4.39 Å². The molecule has 1 heterocycles. The van der Waals surface area contributed by atoms with E-state index in [1.807, 2.05) is 24.3 Å². The number of hydrogen-bond acceptors (Lipinski definition) is 2. The molecule has 0 spiro atoms. The molecule has 0 amide bonds. The summed E-state index contributed by atoms with van der Waals surface area (Å²) in [5.74, 6) is -0.215. The van der Waals surface area contributed by atoms with Gasteiger partial charge in [0, 0.05) is 23.9 Å². The molecule has 0 saturated heterocycles. The molecule has 94 valence electrons. The molecule has 3 heteroatoms. The van der Waals surface area contributed by atoms with E-state index in [1.54, 1.807) is 18.3 Å². The Morgan fingerprint density at radius 2 is 2.06 bits per heavy atom. The standard InChI is InChI=1S/C15H17FN2/c1-15(11-17,14-7-2-3-8-18-14)10-12-5-4-6-13(16)9-12/h2-9H,10-11,17H2,1H3/t15-/m1/s1. The minimum atomic E-state index is -0.269. The SMILES string of the molecule is C[C@](CN)(Cc1cccc(F)c1)c1ccccn1. The molecule has 1 aromatic carbocycles. The van der Waals surface area contributed by atoms with Gasteiger partial charge in [0.05, 0.1) is 0 Å². The van der Waals surface area contributed by atoms with Crippen molar-refractivity contribution in [1.82, 2.24) is 4.98 Å². The highest BCUT2D eigenvalue weighted by Crippen LogP contribution is 2.25. The Labute approximate surface area is 107 Å². The molecule has 0 unspecified atom stereocenters. The van der Waals surface area contributed by atoms with Gasteiger partial charge in [-0.1, -0.05) is 25.1 Å². The molecule has 1 aromatic heterocycles. The molecule has 0 saturated carbocycles. The van der Waals surface area contributed by atoms with Crippen molar-refractivity contribution in [1.29, 1.82) is 0 Å². The van der Waals surface area contributed by atoms with Crippen LogP contribution in [0.1, 0.15) is 18.2 Å². The van der Waals surface area contributed by atoms with Crippen LogP contribution in [0.3, 0.4) is 0 Å². The van der Waals surface area contributed by atoms with Crippen molar-refractivity contribution in [3.05, 3.63) is 65.7 Å². The quantitative estimate of drug-likeness (QED) is 0.898. The predicted molar refractivity (Wildman–Crippen MR) is 70.7 cm³/mol. The Morgan fingerprint density at radius 3 is 2.67 bits per heavy atom. The highest BCUT2D eigenvalue weighted by molar-refractivity contribution is 5.25. The molecule has 18 heavy (non-hydrogen) atoms. The third-order valence-corrected chi connectivity index (χ3v) is 3.22. The first-order valence-corrected chi connectivity index (χ1v) is 6.00. The summed E-state index contributed by atoms with van der Waals surface area (Å²) in [5.41, 5.74) is 7.50. The van der Waals surface area contributed by atoms with Gasteiger partial charge in [0.1, 0.15) is 5.82 Å². The zero-order chi connectivity index (χ0) is 13.0. The number of halogens is 1.